The zero-order valence-corrected chi connectivity index (χ0v) is 18.3. The molecular weight excluding hydrogens is 445 g/mol. The number of amides is 1. The molecule has 1 amide bonds. The minimum Gasteiger partial charge on any atom is -0.494 e. The molecule has 34 heavy (non-hydrogen) atoms. The van der Waals surface area contributed by atoms with Crippen molar-refractivity contribution in [2.24, 2.45) is 0 Å². The summed E-state index contributed by atoms with van der Waals surface area (Å²) in [7, 11) is 3.05. The van der Waals surface area contributed by atoms with Crippen LogP contribution in [0.3, 0.4) is 0 Å². The van der Waals surface area contributed by atoms with Gasteiger partial charge in [-0.2, -0.15) is 4.68 Å². The fraction of sp³-hybridized carbons (Fsp3) is 0.238. The van der Waals surface area contributed by atoms with Gasteiger partial charge in [0.1, 0.15) is 30.4 Å². The molecule has 2 aromatic carbocycles. The van der Waals surface area contributed by atoms with Gasteiger partial charge < -0.3 is 14.4 Å². The normalized spacial score (nSPS) is 11.7. The zero-order valence-electron chi connectivity index (χ0n) is 18.3. The van der Waals surface area contributed by atoms with Gasteiger partial charge in [0, 0.05) is 25.9 Å². The predicted molar refractivity (Wildman–Crippen MR) is 115 cm³/mol. The maximum absolute atomic E-state index is 13.6. The summed E-state index contributed by atoms with van der Waals surface area (Å²) in [6.45, 7) is 0.210. The molecule has 0 radical (unpaired) electrons. The maximum atomic E-state index is 13.6. The third-order valence-electron chi connectivity index (χ3n) is 5.26. The Morgan fingerprint density at radius 1 is 1.12 bits per heavy atom. The average molecular weight is 465 g/mol. The summed E-state index contributed by atoms with van der Waals surface area (Å²) in [4.78, 5) is 26.3. The number of halogens is 1. The van der Waals surface area contributed by atoms with Gasteiger partial charge in [0.05, 0.1) is 18.4 Å². The number of hydrogen-bond acceptors (Lipinski definition) is 9. The number of aldehydes is 1. The van der Waals surface area contributed by atoms with Crippen LogP contribution in [0.25, 0.3) is 11.4 Å². The van der Waals surface area contributed by atoms with Gasteiger partial charge in [0.25, 0.3) is 5.91 Å². The van der Waals surface area contributed by atoms with Crippen LogP contribution in [-0.2, 0) is 4.79 Å². The Balaban J connectivity index is 1.72. The molecule has 0 saturated carbocycles. The molecule has 0 aliphatic rings. The topological polar surface area (TPSA) is 134 Å². The fourth-order valence-electron chi connectivity index (χ4n) is 3.61. The first kappa shape index (κ1) is 22.6. The largest absolute Gasteiger partial charge is 0.494 e. The number of aromatic nitrogens is 8. The van der Waals surface area contributed by atoms with E-state index in [1.165, 1.54) is 46.2 Å². The number of tetrazole rings is 2. The Hall–Kier alpha value is -4.55. The first-order valence-electron chi connectivity index (χ1n) is 10.1. The van der Waals surface area contributed by atoms with Gasteiger partial charge >= 0.3 is 0 Å². The molecule has 0 bridgehead atoms. The molecule has 0 N–H and O–H groups in total. The first-order chi connectivity index (χ1) is 16.5. The fourth-order valence-corrected chi connectivity index (χ4v) is 3.61. The number of methoxy groups -OCH3 is 1. The molecule has 0 saturated heterocycles. The molecule has 1 atom stereocenters. The van der Waals surface area contributed by atoms with Gasteiger partial charge in [-0.1, -0.05) is 12.1 Å². The van der Waals surface area contributed by atoms with Crippen LogP contribution >= 0.6 is 0 Å². The van der Waals surface area contributed by atoms with Crippen molar-refractivity contribution in [2.45, 2.75) is 12.3 Å². The maximum Gasteiger partial charge on any atom is 0.257 e. The lowest BCUT2D eigenvalue weighted by atomic mass is 9.95. The molecule has 0 spiro atoms. The van der Waals surface area contributed by atoms with E-state index in [2.05, 4.69) is 31.1 Å². The third-order valence-corrected chi connectivity index (χ3v) is 5.26. The number of nitrogens with zero attached hydrogens (tertiary/aromatic N) is 9. The van der Waals surface area contributed by atoms with E-state index in [1.54, 1.807) is 31.3 Å². The lowest BCUT2D eigenvalue weighted by molar-refractivity contribution is -0.108. The van der Waals surface area contributed by atoms with E-state index < -0.39 is 0 Å². The zero-order chi connectivity index (χ0) is 24.1. The summed E-state index contributed by atoms with van der Waals surface area (Å²) in [5, 5.41) is 22.4. The highest BCUT2D eigenvalue weighted by molar-refractivity contribution is 5.98. The van der Waals surface area contributed by atoms with Gasteiger partial charge in [0.15, 0.2) is 5.75 Å². The number of carbonyl (C=O) groups is 2. The molecule has 4 aromatic rings. The summed E-state index contributed by atoms with van der Waals surface area (Å²) in [6.07, 6.45) is 3.70. The molecule has 13 heteroatoms. The van der Waals surface area contributed by atoms with Crippen molar-refractivity contribution in [1.29, 1.82) is 0 Å². The Morgan fingerprint density at radius 3 is 2.38 bits per heavy atom. The van der Waals surface area contributed by atoms with Gasteiger partial charge in [-0.3, -0.25) is 4.79 Å². The van der Waals surface area contributed by atoms with Crippen molar-refractivity contribution in [1.82, 2.24) is 45.3 Å². The van der Waals surface area contributed by atoms with Crippen LogP contribution in [0.4, 0.5) is 4.39 Å². The lowest BCUT2D eigenvalue weighted by Crippen LogP contribution is -2.32. The third kappa shape index (κ3) is 4.62. The molecular formula is C21H20FN9O3. The van der Waals surface area contributed by atoms with Gasteiger partial charge in [-0.25, -0.2) is 9.07 Å². The van der Waals surface area contributed by atoms with Crippen LogP contribution in [-0.4, -0.2) is 78.2 Å². The molecule has 2 aromatic heterocycles. The Labute approximate surface area is 192 Å². The SMILES string of the molecule is COc1c(C(=O)N(C)C[C@@H](CC=O)c2ccc(F)cc2)cc(-n2cnnn2)cc1-n1cnnn1. The van der Waals surface area contributed by atoms with E-state index in [0.717, 1.165) is 11.8 Å². The standard InChI is InChI=1S/C21H20FN9O3/c1-29(11-15(7-8-32)14-3-5-16(22)6-4-14)21(33)18-9-17(30-12-23-25-27-30)10-19(20(18)34-2)31-13-24-26-28-31/h3-6,8-10,12-13,15H,7,11H2,1-2H3/t15-/m1/s1. The minimum absolute atomic E-state index is 0.168. The first-order valence-corrected chi connectivity index (χ1v) is 10.1. The number of rotatable bonds is 9. The highest BCUT2D eigenvalue weighted by atomic mass is 19.1. The Bertz CT molecular complexity index is 1260. The summed E-state index contributed by atoms with van der Waals surface area (Å²) in [6, 6.07) is 9.13. The van der Waals surface area contributed by atoms with E-state index in [9.17, 15) is 14.0 Å². The minimum atomic E-state index is -0.377. The monoisotopic (exact) mass is 465 g/mol. The van der Waals surface area contributed by atoms with E-state index in [0.29, 0.717) is 11.4 Å². The van der Waals surface area contributed by atoms with Crippen LogP contribution in [0.15, 0.2) is 49.1 Å². The number of ether oxygens (including phenoxy) is 1. The van der Waals surface area contributed by atoms with Gasteiger partial charge in [-0.15, -0.1) is 10.2 Å². The second-order valence-corrected chi connectivity index (χ2v) is 7.39. The molecule has 0 unspecified atom stereocenters. The predicted octanol–water partition coefficient (Wildman–Crippen LogP) is 1.23. The van der Waals surface area contributed by atoms with Crippen LogP contribution in [0.2, 0.25) is 0 Å². The number of likely N-dealkylation sites (N-methyl/N-ethyl adjacent to an activating group) is 1. The molecule has 0 fully saturated rings. The second kappa shape index (κ2) is 9.94. The van der Waals surface area contributed by atoms with Crippen LogP contribution in [0, 0.1) is 5.82 Å². The summed E-state index contributed by atoms with van der Waals surface area (Å²) >= 11 is 0. The van der Waals surface area contributed by atoms with E-state index >= 15 is 0 Å². The van der Waals surface area contributed by atoms with Crippen molar-refractivity contribution in [3.05, 3.63) is 66.0 Å². The van der Waals surface area contributed by atoms with Crippen LogP contribution in [0.1, 0.15) is 28.3 Å². The highest BCUT2D eigenvalue weighted by Crippen LogP contribution is 2.31. The smallest absolute Gasteiger partial charge is 0.257 e. The molecule has 12 nitrogen and oxygen atoms in total. The van der Waals surface area contributed by atoms with E-state index in [4.69, 9.17) is 4.74 Å². The molecule has 2 heterocycles. The second-order valence-electron chi connectivity index (χ2n) is 7.39. The van der Waals surface area contributed by atoms with Gasteiger partial charge in [-0.05, 0) is 50.7 Å². The number of carbonyl (C=O) groups excluding carboxylic acids is 2. The van der Waals surface area contributed by atoms with E-state index in [-0.39, 0.29) is 41.9 Å². The molecule has 174 valence electrons. The van der Waals surface area contributed by atoms with Crippen molar-refractivity contribution in [2.75, 3.05) is 20.7 Å². The quantitative estimate of drug-likeness (QED) is 0.335. The number of benzene rings is 2. The van der Waals surface area contributed by atoms with Crippen LogP contribution < -0.4 is 4.74 Å². The number of hydrogen-bond donors (Lipinski definition) is 0. The van der Waals surface area contributed by atoms with Crippen molar-refractivity contribution in [3.63, 3.8) is 0 Å². The summed E-state index contributed by atoms with van der Waals surface area (Å²) < 4.78 is 21.7. The van der Waals surface area contributed by atoms with E-state index in [1.807, 2.05) is 0 Å². The average Bonchev–Trinajstić information content (AvgIpc) is 3.58. The lowest BCUT2D eigenvalue weighted by Gasteiger charge is -2.25. The Morgan fingerprint density at radius 2 is 1.79 bits per heavy atom. The van der Waals surface area contributed by atoms with Crippen molar-refractivity contribution in [3.8, 4) is 17.1 Å². The molecule has 0 aliphatic carbocycles. The van der Waals surface area contributed by atoms with Gasteiger partial charge in [0.2, 0.25) is 0 Å². The van der Waals surface area contributed by atoms with Crippen molar-refractivity contribution < 1.29 is 18.7 Å². The Kier molecular flexibility index (Phi) is 6.62. The summed E-state index contributed by atoms with van der Waals surface area (Å²) in [5.74, 6) is -0.828. The highest BCUT2D eigenvalue weighted by Gasteiger charge is 2.25. The van der Waals surface area contributed by atoms with Crippen molar-refractivity contribution >= 4 is 12.2 Å². The summed E-state index contributed by atoms with van der Waals surface area (Å²) in [5.41, 5.74) is 1.85. The molecule has 4 rings (SSSR count). The van der Waals surface area contributed by atoms with Crippen LogP contribution in [0.5, 0.6) is 5.75 Å². The molecule has 0 aliphatic heterocycles.